The number of rotatable bonds is 4. The van der Waals surface area contributed by atoms with Gasteiger partial charge in [-0.25, -0.2) is 4.79 Å². The van der Waals surface area contributed by atoms with Crippen LogP contribution in [0.5, 0.6) is 0 Å². The summed E-state index contributed by atoms with van der Waals surface area (Å²) < 4.78 is 0. The highest BCUT2D eigenvalue weighted by Crippen LogP contribution is 2.24. The van der Waals surface area contributed by atoms with Crippen molar-refractivity contribution in [2.45, 2.75) is 24.3 Å². The molecule has 0 radical (unpaired) electrons. The number of amides is 3. The molecule has 0 unspecified atom stereocenters. The van der Waals surface area contributed by atoms with E-state index in [2.05, 4.69) is 10.3 Å². The van der Waals surface area contributed by atoms with E-state index in [1.165, 1.54) is 16.7 Å². The molecule has 0 atom stereocenters. The second kappa shape index (κ2) is 5.08. The van der Waals surface area contributed by atoms with Crippen molar-refractivity contribution in [3.05, 3.63) is 18.5 Å². The van der Waals surface area contributed by atoms with E-state index in [4.69, 9.17) is 5.73 Å². The van der Waals surface area contributed by atoms with Crippen LogP contribution < -0.4 is 11.1 Å². The predicted octanol–water partition coefficient (Wildman–Crippen LogP) is 1.09. The van der Waals surface area contributed by atoms with Gasteiger partial charge in [0, 0.05) is 23.4 Å². The number of anilines is 1. The van der Waals surface area contributed by atoms with Gasteiger partial charge in [-0.3, -0.25) is 14.7 Å². The Morgan fingerprint density at radius 2 is 2.21 bits per heavy atom. The zero-order valence-corrected chi connectivity index (χ0v) is 11.7. The first-order valence-corrected chi connectivity index (χ1v) is 6.87. The molecule has 102 valence electrons. The van der Waals surface area contributed by atoms with E-state index in [1.807, 2.05) is 6.07 Å². The lowest BCUT2D eigenvalue weighted by molar-refractivity contribution is -0.130. The fraction of sp³-hybridized carbons (Fsp3) is 0.417. The number of nitrogen functional groups attached to an aromatic ring is 1. The zero-order chi connectivity index (χ0) is 14.0. The molecular weight excluding hydrogens is 264 g/mol. The number of hydrogen-bond donors (Lipinski definition) is 2. The molecular formula is C12H16N4O2S. The lowest BCUT2D eigenvalue weighted by Gasteiger charge is -2.15. The Kier molecular flexibility index (Phi) is 3.66. The van der Waals surface area contributed by atoms with Crippen LogP contribution in [0, 0.1) is 0 Å². The van der Waals surface area contributed by atoms with Crippen LogP contribution in [0.1, 0.15) is 13.8 Å². The van der Waals surface area contributed by atoms with Crippen molar-refractivity contribution in [1.29, 1.82) is 0 Å². The van der Waals surface area contributed by atoms with E-state index in [1.54, 1.807) is 26.2 Å². The van der Waals surface area contributed by atoms with E-state index in [-0.39, 0.29) is 11.9 Å². The van der Waals surface area contributed by atoms with E-state index < -0.39 is 5.54 Å². The maximum Gasteiger partial charge on any atom is 0.325 e. The van der Waals surface area contributed by atoms with Crippen molar-refractivity contribution in [2.75, 3.05) is 18.0 Å². The maximum absolute atomic E-state index is 11.9. The Morgan fingerprint density at radius 3 is 2.79 bits per heavy atom. The number of carbonyl (C=O) groups excluding carboxylic acids is 2. The van der Waals surface area contributed by atoms with Gasteiger partial charge in [0.25, 0.3) is 5.91 Å². The van der Waals surface area contributed by atoms with Crippen LogP contribution in [0.25, 0.3) is 0 Å². The molecule has 0 bridgehead atoms. The highest BCUT2D eigenvalue weighted by atomic mass is 32.2. The lowest BCUT2D eigenvalue weighted by Crippen LogP contribution is -2.40. The van der Waals surface area contributed by atoms with Crippen molar-refractivity contribution in [3.63, 3.8) is 0 Å². The number of imide groups is 1. The van der Waals surface area contributed by atoms with Crippen LogP contribution in [0.2, 0.25) is 0 Å². The van der Waals surface area contributed by atoms with Crippen LogP contribution in [-0.2, 0) is 4.79 Å². The van der Waals surface area contributed by atoms with E-state index in [9.17, 15) is 9.59 Å². The molecule has 1 aliphatic rings. The fourth-order valence-corrected chi connectivity index (χ4v) is 2.66. The third-order valence-corrected chi connectivity index (χ3v) is 3.90. The Labute approximate surface area is 115 Å². The van der Waals surface area contributed by atoms with Gasteiger partial charge in [0.1, 0.15) is 5.54 Å². The summed E-state index contributed by atoms with van der Waals surface area (Å²) >= 11 is 1.50. The number of thioether (sulfide) groups is 1. The number of nitrogens with two attached hydrogens (primary N) is 1. The largest absolute Gasteiger partial charge is 0.397 e. The van der Waals surface area contributed by atoms with Crippen molar-refractivity contribution in [1.82, 2.24) is 15.2 Å². The smallest absolute Gasteiger partial charge is 0.325 e. The minimum absolute atomic E-state index is 0.194. The van der Waals surface area contributed by atoms with Gasteiger partial charge in [-0.2, -0.15) is 0 Å². The van der Waals surface area contributed by atoms with E-state index >= 15 is 0 Å². The maximum atomic E-state index is 11.9. The van der Waals surface area contributed by atoms with Crippen molar-refractivity contribution in [3.8, 4) is 0 Å². The normalized spacial score (nSPS) is 17.7. The van der Waals surface area contributed by atoms with Gasteiger partial charge in [-0.1, -0.05) is 0 Å². The molecule has 2 heterocycles. The third kappa shape index (κ3) is 2.81. The molecule has 1 aliphatic heterocycles. The topological polar surface area (TPSA) is 88.3 Å². The minimum atomic E-state index is -0.808. The molecule has 0 aromatic carbocycles. The van der Waals surface area contributed by atoms with Gasteiger partial charge in [-0.05, 0) is 19.9 Å². The molecule has 6 nitrogen and oxygen atoms in total. The Bertz CT molecular complexity index is 518. The Hall–Kier alpha value is -1.76. The van der Waals surface area contributed by atoms with Crippen molar-refractivity contribution in [2.24, 2.45) is 0 Å². The summed E-state index contributed by atoms with van der Waals surface area (Å²) in [5.41, 5.74) is 5.56. The van der Waals surface area contributed by atoms with Crippen LogP contribution in [0.4, 0.5) is 10.5 Å². The highest BCUT2D eigenvalue weighted by molar-refractivity contribution is 7.99. The number of hydrogen-bond acceptors (Lipinski definition) is 5. The molecule has 2 rings (SSSR count). The van der Waals surface area contributed by atoms with E-state index in [0.717, 1.165) is 4.90 Å². The summed E-state index contributed by atoms with van der Waals surface area (Å²) in [4.78, 5) is 29.7. The predicted molar refractivity (Wildman–Crippen MR) is 73.7 cm³/mol. The number of pyridine rings is 1. The first-order valence-electron chi connectivity index (χ1n) is 5.88. The molecule has 3 N–H and O–H groups in total. The first kappa shape index (κ1) is 13.7. The van der Waals surface area contributed by atoms with E-state index in [0.29, 0.717) is 18.0 Å². The molecule has 1 fully saturated rings. The number of nitrogens with zero attached hydrogens (tertiary/aromatic N) is 2. The summed E-state index contributed by atoms with van der Waals surface area (Å²) in [6, 6.07) is 1.48. The highest BCUT2D eigenvalue weighted by Gasteiger charge is 2.43. The molecule has 0 spiro atoms. The van der Waals surface area contributed by atoms with Gasteiger partial charge in [0.15, 0.2) is 0 Å². The van der Waals surface area contributed by atoms with Crippen molar-refractivity contribution < 1.29 is 9.59 Å². The average molecular weight is 280 g/mol. The molecule has 0 saturated carbocycles. The lowest BCUT2D eigenvalue weighted by atomic mass is 10.1. The molecule has 3 amide bonds. The van der Waals surface area contributed by atoms with Gasteiger partial charge in [-0.15, -0.1) is 11.8 Å². The monoisotopic (exact) mass is 280 g/mol. The van der Waals surface area contributed by atoms with Crippen LogP contribution in [-0.4, -0.2) is 39.7 Å². The van der Waals surface area contributed by atoms with Crippen molar-refractivity contribution >= 4 is 29.4 Å². The number of urea groups is 1. The van der Waals surface area contributed by atoms with Gasteiger partial charge < -0.3 is 11.1 Å². The van der Waals surface area contributed by atoms with Crippen LogP contribution in [0.15, 0.2) is 23.4 Å². The molecule has 1 saturated heterocycles. The number of aromatic nitrogens is 1. The molecule has 19 heavy (non-hydrogen) atoms. The van der Waals surface area contributed by atoms with Gasteiger partial charge in [0.2, 0.25) is 0 Å². The number of nitrogens with one attached hydrogen (secondary N) is 1. The first-order chi connectivity index (χ1) is 8.92. The average Bonchev–Trinajstić information content (AvgIpc) is 2.53. The Balaban J connectivity index is 1.92. The molecule has 1 aromatic heterocycles. The Morgan fingerprint density at radius 1 is 1.47 bits per heavy atom. The van der Waals surface area contributed by atoms with Gasteiger partial charge in [0.05, 0.1) is 11.9 Å². The summed E-state index contributed by atoms with van der Waals surface area (Å²) in [7, 11) is 0. The summed E-state index contributed by atoms with van der Waals surface area (Å²) in [5.74, 6) is 0.407. The van der Waals surface area contributed by atoms with Crippen LogP contribution in [0.3, 0.4) is 0 Å². The standard InChI is InChI=1S/C12H16N4O2S/c1-12(2)10(17)16(11(18)15-12)5-6-19-9-3-4-14-7-8(9)13/h3-4,7H,5-6,13H2,1-2H3,(H,15,18). The second-order valence-electron chi connectivity index (χ2n) is 4.77. The fourth-order valence-electron chi connectivity index (χ4n) is 1.79. The summed E-state index contributed by atoms with van der Waals surface area (Å²) in [6.07, 6.45) is 3.24. The molecule has 7 heteroatoms. The summed E-state index contributed by atoms with van der Waals surface area (Å²) in [6.45, 7) is 3.75. The summed E-state index contributed by atoms with van der Waals surface area (Å²) in [5, 5.41) is 2.65. The number of carbonyl (C=O) groups is 2. The second-order valence-corrected chi connectivity index (χ2v) is 5.91. The zero-order valence-electron chi connectivity index (χ0n) is 10.8. The minimum Gasteiger partial charge on any atom is -0.397 e. The SMILES string of the molecule is CC1(C)NC(=O)N(CCSc2ccncc2N)C1=O. The third-order valence-electron chi connectivity index (χ3n) is 2.83. The quantitative estimate of drug-likeness (QED) is 0.636. The molecule has 1 aromatic rings. The molecule has 0 aliphatic carbocycles. The van der Waals surface area contributed by atoms with Crippen LogP contribution >= 0.6 is 11.8 Å². The van der Waals surface area contributed by atoms with Gasteiger partial charge >= 0.3 is 6.03 Å².